The fourth-order valence-corrected chi connectivity index (χ4v) is 2.76. The highest BCUT2D eigenvalue weighted by molar-refractivity contribution is 6.30. The van der Waals surface area contributed by atoms with Crippen LogP contribution in [0.3, 0.4) is 0 Å². The lowest BCUT2D eigenvalue weighted by Gasteiger charge is -2.24. The summed E-state index contributed by atoms with van der Waals surface area (Å²) in [5.74, 6) is -0.672. The molecule has 1 aliphatic heterocycles. The predicted octanol–water partition coefficient (Wildman–Crippen LogP) is 3.81. The molecule has 1 aromatic carbocycles. The van der Waals surface area contributed by atoms with Crippen LogP contribution in [0.25, 0.3) is 6.08 Å². The number of allylic oxidation sites excluding steroid dienone is 1. The Bertz CT molecular complexity index is 689. The zero-order valence-corrected chi connectivity index (χ0v) is 14.5. The molecule has 4 nitrogen and oxygen atoms in total. The maximum Gasteiger partial charge on any atom is 0.340 e. The van der Waals surface area contributed by atoms with E-state index in [2.05, 4.69) is 0 Å². The Hall–Kier alpha value is -2.07. The molecule has 0 unspecified atom stereocenters. The number of nitrogens with zero attached hydrogens (tertiary/aromatic N) is 1. The number of ether oxygens (including phenoxy) is 1. The number of carbonyl (C=O) groups is 2. The minimum atomic E-state index is -0.498. The molecule has 1 aliphatic rings. The fraction of sp³-hybridized carbons (Fsp3) is 0.333. The fourth-order valence-electron chi connectivity index (χ4n) is 2.64. The number of halogens is 1. The van der Waals surface area contributed by atoms with E-state index < -0.39 is 5.97 Å². The SMILES string of the molecule is CC[C@@H](C)N1C(=O)/C(=C\c2ccc(Cl)cc2)C(C(=O)OC)=C1C. The molecule has 23 heavy (non-hydrogen) atoms. The molecule has 0 saturated carbocycles. The van der Waals surface area contributed by atoms with Gasteiger partial charge in [0, 0.05) is 16.8 Å². The van der Waals surface area contributed by atoms with E-state index in [4.69, 9.17) is 16.3 Å². The monoisotopic (exact) mass is 333 g/mol. The largest absolute Gasteiger partial charge is 0.465 e. The third-order valence-corrected chi connectivity index (χ3v) is 4.30. The molecule has 5 heteroatoms. The molecular formula is C18H20ClNO3. The van der Waals surface area contributed by atoms with Gasteiger partial charge in [-0.05, 0) is 44.0 Å². The van der Waals surface area contributed by atoms with E-state index in [1.807, 2.05) is 13.8 Å². The highest BCUT2D eigenvalue weighted by Crippen LogP contribution is 2.33. The maximum atomic E-state index is 12.8. The zero-order valence-electron chi connectivity index (χ0n) is 13.7. The van der Waals surface area contributed by atoms with Crippen LogP contribution >= 0.6 is 11.6 Å². The number of methoxy groups -OCH3 is 1. The Balaban J connectivity index is 2.54. The second kappa shape index (κ2) is 7.01. The minimum absolute atomic E-state index is 0.0123. The van der Waals surface area contributed by atoms with Crippen LogP contribution in [0.5, 0.6) is 0 Å². The number of amides is 1. The van der Waals surface area contributed by atoms with Crippen molar-refractivity contribution >= 4 is 29.6 Å². The van der Waals surface area contributed by atoms with Gasteiger partial charge < -0.3 is 9.64 Å². The van der Waals surface area contributed by atoms with Crippen LogP contribution in [-0.4, -0.2) is 29.9 Å². The summed E-state index contributed by atoms with van der Waals surface area (Å²) in [6.07, 6.45) is 2.50. The molecule has 0 aliphatic carbocycles. The lowest BCUT2D eigenvalue weighted by molar-refractivity contribution is -0.136. The summed E-state index contributed by atoms with van der Waals surface area (Å²) >= 11 is 5.89. The Morgan fingerprint density at radius 1 is 1.35 bits per heavy atom. The van der Waals surface area contributed by atoms with Crippen LogP contribution in [0.1, 0.15) is 32.8 Å². The van der Waals surface area contributed by atoms with Gasteiger partial charge in [-0.3, -0.25) is 4.79 Å². The van der Waals surface area contributed by atoms with E-state index in [-0.39, 0.29) is 11.9 Å². The molecule has 0 fully saturated rings. The molecule has 2 rings (SSSR count). The highest BCUT2D eigenvalue weighted by Gasteiger charge is 2.38. The molecule has 1 atom stereocenters. The van der Waals surface area contributed by atoms with Crippen LogP contribution in [-0.2, 0) is 14.3 Å². The maximum absolute atomic E-state index is 12.8. The first-order valence-electron chi connectivity index (χ1n) is 7.51. The average Bonchev–Trinajstić information content (AvgIpc) is 2.79. The van der Waals surface area contributed by atoms with Gasteiger partial charge >= 0.3 is 5.97 Å². The highest BCUT2D eigenvalue weighted by atomic mass is 35.5. The van der Waals surface area contributed by atoms with Gasteiger partial charge in [-0.1, -0.05) is 30.7 Å². The van der Waals surface area contributed by atoms with Gasteiger partial charge in [0.25, 0.3) is 5.91 Å². The molecule has 0 saturated heterocycles. The summed E-state index contributed by atoms with van der Waals surface area (Å²) in [7, 11) is 1.32. The van der Waals surface area contributed by atoms with E-state index in [1.165, 1.54) is 7.11 Å². The van der Waals surface area contributed by atoms with Gasteiger partial charge in [0.2, 0.25) is 0 Å². The van der Waals surface area contributed by atoms with Crippen molar-refractivity contribution in [2.75, 3.05) is 7.11 Å². The van der Waals surface area contributed by atoms with Gasteiger partial charge in [-0.15, -0.1) is 0 Å². The van der Waals surface area contributed by atoms with Gasteiger partial charge in [-0.25, -0.2) is 4.79 Å². The van der Waals surface area contributed by atoms with Crippen LogP contribution in [0.15, 0.2) is 41.1 Å². The molecule has 0 aromatic heterocycles. The zero-order chi connectivity index (χ0) is 17.1. The Kier molecular flexibility index (Phi) is 5.26. The molecule has 0 spiro atoms. The summed E-state index contributed by atoms with van der Waals surface area (Å²) in [5.41, 5.74) is 2.12. The summed E-state index contributed by atoms with van der Waals surface area (Å²) in [6.45, 7) is 5.74. The summed E-state index contributed by atoms with van der Waals surface area (Å²) < 4.78 is 4.86. The summed E-state index contributed by atoms with van der Waals surface area (Å²) in [6, 6.07) is 7.11. The second-order valence-corrected chi connectivity index (χ2v) is 5.93. The third-order valence-electron chi connectivity index (χ3n) is 4.04. The molecular weight excluding hydrogens is 314 g/mol. The molecule has 1 heterocycles. The van der Waals surface area contributed by atoms with Crippen molar-refractivity contribution in [3.8, 4) is 0 Å². The van der Waals surface area contributed by atoms with Crippen molar-refractivity contribution < 1.29 is 14.3 Å². The molecule has 1 amide bonds. The minimum Gasteiger partial charge on any atom is -0.465 e. The van der Waals surface area contributed by atoms with Crippen LogP contribution in [0.4, 0.5) is 0 Å². The van der Waals surface area contributed by atoms with E-state index in [9.17, 15) is 9.59 Å². The standard InChI is InChI=1S/C18H20ClNO3/c1-5-11(2)20-12(3)16(18(22)23-4)15(17(20)21)10-13-6-8-14(19)9-7-13/h6-11H,5H2,1-4H3/b15-10-/t11-/m1/s1. The number of hydrogen-bond acceptors (Lipinski definition) is 3. The third kappa shape index (κ3) is 3.32. The number of hydrogen-bond donors (Lipinski definition) is 0. The Labute approximate surface area is 141 Å². The van der Waals surface area contributed by atoms with Crippen molar-refractivity contribution in [1.82, 2.24) is 4.90 Å². The topological polar surface area (TPSA) is 46.6 Å². The van der Waals surface area contributed by atoms with Crippen LogP contribution < -0.4 is 0 Å². The number of rotatable bonds is 4. The second-order valence-electron chi connectivity index (χ2n) is 5.49. The first kappa shape index (κ1) is 17.3. The molecule has 1 aromatic rings. The van der Waals surface area contributed by atoms with E-state index >= 15 is 0 Å². The van der Waals surface area contributed by atoms with Gasteiger partial charge in [0.05, 0.1) is 18.3 Å². The smallest absolute Gasteiger partial charge is 0.340 e. The molecule has 0 bridgehead atoms. The van der Waals surface area contributed by atoms with E-state index in [0.29, 0.717) is 21.9 Å². The number of benzene rings is 1. The normalized spacial score (nSPS) is 17.9. The lowest BCUT2D eigenvalue weighted by Crippen LogP contribution is -2.33. The Morgan fingerprint density at radius 2 is 1.96 bits per heavy atom. The number of carbonyl (C=O) groups excluding carboxylic acids is 2. The molecule has 0 radical (unpaired) electrons. The number of esters is 1. The first-order valence-corrected chi connectivity index (χ1v) is 7.88. The summed E-state index contributed by atoms with van der Waals surface area (Å²) in [4.78, 5) is 26.6. The Morgan fingerprint density at radius 3 is 2.48 bits per heavy atom. The van der Waals surface area contributed by atoms with Crippen LogP contribution in [0.2, 0.25) is 5.02 Å². The van der Waals surface area contributed by atoms with E-state index in [0.717, 1.165) is 12.0 Å². The van der Waals surface area contributed by atoms with Gasteiger partial charge in [0.1, 0.15) is 0 Å². The molecule has 122 valence electrons. The van der Waals surface area contributed by atoms with Crippen molar-refractivity contribution in [1.29, 1.82) is 0 Å². The van der Waals surface area contributed by atoms with Crippen molar-refractivity contribution in [2.45, 2.75) is 33.2 Å². The van der Waals surface area contributed by atoms with Crippen molar-refractivity contribution in [2.24, 2.45) is 0 Å². The van der Waals surface area contributed by atoms with Gasteiger partial charge in [-0.2, -0.15) is 0 Å². The van der Waals surface area contributed by atoms with Gasteiger partial charge in [0.15, 0.2) is 0 Å². The quantitative estimate of drug-likeness (QED) is 0.621. The van der Waals surface area contributed by atoms with Crippen LogP contribution in [0, 0.1) is 0 Å². The predicted molar refractivity (Wildman–Crippen MR) is 90.7 cm³/mol. The van der Waals surface area contributed by atoms with E-state index in [1.54, 1.807) is 42.2 Å². The summed E-state index contributed by atoms with van der Waals surface area (Å²) in [5, 5.41) is 0.617. The molecule has 0 N–H and O–H groups in total. The first-order chi connectivity index (χ1) is 10.9. The van der Waals surface area contributed by atoms with Crippen molar-refractivity contribution in [3.05, 3.63) is 51.7 Å². The average molecular weight is 334 g/mol. The lowest BCUT2D eigenvalue weighted by atomic mass is 10.0. The van der Waals surface area contributed by atoms with Crippen molar-refractivity contribution in [3.63, 3.8) is 0 Å².